The summed E-state index contributed by atoms with van der Waals surface area (Å²) >= 11 is 1.39. The van der Waals surface area contributed by atoms with Crippen LogP contribution in [0.15, 0.2) is 17.6 Å². The number of nitrogen functional groups attached to an aromatic ring is 1. The molecule has 0 radical (unpaired) electrons. The van der Waals surface area contributed by atoms with E-state index in [1.54, 1.807) is 6.20 Å². The molecule has 1 aliphatic rings. The molecule has 2 aromatic rings. The zero-order valence-corrected chi connectivity index (χ0v) is 9.04. The van der Waals surface area contributed by atoms with E-state index < -0.39 is 0 Å². The Morgan fingerprint density at radius 2 is 2.38 bits per heavy atom. The molecule has 0 atom stereocenters. The predicted molar refractivity (Wildman–Crippen MR) is 62.1 cm³/mol. The number of hydrogen-bond donors (Lipinski definition) is 2. The van der Waals surface area contributed by atoms with Gasteiger partial charge in [-0.1, -0.05) is 0 Å². The van der Waals surface area contributed by atoms with Crippen molar-refractivity contribution in [2.24, 2.45) is 0 Å². The smallest absolute Gasteiger partial charge is 0.230 e. The van der Waals surface area contributed by atoms with Crippen LogP contribution in [0.25, 0.3) is 11.3 Å². The fraction of sp³-hybridized carbons (Fsp3) is 0.100. The van der Waals surface area contributed by atoms with Crippen LogP contribution in [0.1, 0.15) is 5.56 Å². The highest BCUT2D eigenvalue weighted by Gasteiger charge is 2.19. The number of amides is 1. The first-order chi connectivity index (χ1) is 7.72. The highest BCUT2D eigenvalue weighted by molar-refractivity contribution is 7.13. The first-order valence-corrected chi connectivity index (χ1v) is 5.60. The van der Waals surface area contributed by atoms with Crippen LogP contribution >= 0.6 is 11.3 Å². The second-order valence-electron chi connectivity index (χ2n) is 3.53. The Balaban J connectivity index is 2.05. The molecule has 6 heteroatoms. The minimum atomic E-state index is -0.0163. The summed E-state index contributed by atoms with van der Waals surface area (Å²) in [5.41, 5.74) is 8.18. The number of rotatable bonds is 1. The average Bonchev–Trinajstić information content (AvgIpc) is 2.81. The summed E-state index contributed by atoms with van der Waals surface area (Å²) in [5.74, 6) is 0.634. The number of anilines is 2. The van der Waals surface area contributed by atoms with Gasteiger partial charge in [0.1, 0.15) is 5.82 Å². The standard InChI is InChI=1S/C10H8N4OS/c11-10-13-7(4-16-10)6-1-5-2-8(15)14-9(5)12-3-6/h1,3-4H,2H2,(H2,11,13)(H,12,14,15). The molecule has 3 N–H and O–H groups in total. The van der Waals surface area contributed by atoms with Gasteiger partial charge in [0.15, 0.2) is 5.13 Å². The Labute approximate surface area is 95.3 Å². The van der Waals surface area contributed by atoms with E-state index in [9.17, 15) is 4.79 Å². The molecule has 80 valence electrons. The van der Waals surface area contributed by atoms with Crippen molar-refractivity contribution in [3.8, 4) is 11.3 Å². The van der Waals surface area contributed by atoms with E-state index in [2.05, 4.69) is 15.3 Å². The van der Waals surface area contributed by atoms with Crippen LogP contribution in [-0.2, 0) is 11.2 Å². The number of carbonyl (C=O) groups excluding carboxylic acids is 1. The first-order valence-electron chi connectivity index (χ1n) is 4.72. The summed E-state index contributed by atoms with van der Waals surface area (Å²) < 4.78 is 0. The second kappa shape index (κ2) is 3.28. The SMILES string of the molecule is Nc1nc(-c2cnc3c(c2)CC(=O)N3)cs1. The maximum atomic E-state index is 11.2. The molecule has 0 bridgehead atoms. The molecule has 0 spiro atoms. The van der Waals surface area contributed by atoms with E-state index in [0.717, 1.165) is 16.8 Å². The number of fused-ring (bicyclic) bond motifs is 1. The zero-order chi connectivity index (χ0) is 11.1. The van der Waals surface area contributed by atoms with Gasteiger partial charge in [0.2, 0.25) is 5.91 Å². The molecular formula is C10H8N4OS. The topological polar surface area (TPSA) is 80.9 Å². The molecule has 0 fully saturated rings. The quantitative estimate of drug-likeness (QED) is 0.776. The Morgan fingerprint density at radius 3 is 3.12 bits per heavy atom. The van der Waals surface area contributed by atoms with E-state index >= 15 is 0 Å². The fourth-order valence-electron chi connectivity index (χ4n) is 1.67. The monoisotopic (exact) mass is 232 g/mol. The summed E-state index contributed by atoms with van der Waals surface area (Å²) in [4.78, 5) is 19.5. The number of thiazole rings is 1. The van der Waals surface area contributed by atoms with Gasteiger partial charge in [0.05, 0.1) is 12.1 Å². The molecule has 0 saturated heterocycles. The Kier molecular flexibility index (Phi) is 1.90. The van der Waals surface area contributed by atoms with Gasteiger partial charge in [0, 0.05) is 22.7 Å². The molecule has 5 nitrogen and oxygen atoms in total. The average molecular weight is 232 g/mol. The van der Waals surface area contributed by atoms with Gasteiger partial charge in [-0.25, -0.2) is 9.97 Å². The second-order valence-corrected chi connectivity index (χ2v) is 4.42. The molecule has 16 heavy (non-hydrogen) atoms. The lowest BCUT2D eigenvalue weighted by Gasteiger charge is -1.99. The van der Waals surface area contributed by atoms with E-state index in [1.165, 1.54) is 11.3 Å². The van der Waals surface area contributed by atoms with Gasteiger partial charge in [-0.15, -0.1) is 11.3 Å². The zero-order valence-electron chi connectivity index (χ0n) is 8.23. The summed E-state index contributed by atoms with van der Waals surface area (Å²) in [6.45, 7) is 0. The summed E-state index contributed by atoms with van der Waals surface area (Å²) in [7, 11) is 0. The maximum Gasteiger partial charge on any atom is 0.230 e. The molecule has 0 aliphatic carbocycles. The molecule has 0 aromatic carbocycles. The number of nitrogens with two attached hydrogens (primary N) is 1. The number of hydrogen-bond acceptors (Lipinski definition) is 5. The van der Waals surface area contributed by atoms with Gasteiger partial charge in [-0.3, -0.25) is 4.79 Å². The minimum Gasteiger partial charge on any atom is -0.375 e. The van der Waals surface area contributed by atoms with Crippen LogP contribution in [0, 0.1) is 0 Å². The lowest BCUT2D eigenvalue weighted by Crippen LogP contribution is -2.04. The third-order valence-corrected chi connectivity index (χ3v) is 3.07. The number of pyridine rings is 1. The van der Waals surface area contributed by atoms with E-state index in [4.69, 9.17) is 5.73 Å². The Morgan fingerprint density at radius 1 is 1.50 bits per heavy atom. The summed E-state index contributed by atoms with van der Waals surface area (Å²) in [5, 5.41) is 5.10. The van der Waals surface area contributed by atoms with Crippen molar-refractivity contribution in [3.05, 3.63) is 23.2 Å². The number of nitrogens with zero attached hydrogens (tertiary/aromatic N) is 2. The first kappa shape index (κ1) is 9.29. The van der Waals surface area contributed by atoms with Gasteiger partial charge in [-0.05, 0) is 6.07 Å². The van der Waals surface area contributed by atoms with Crippen molar-refractivity contribution < 1.29 is 4.79 Å². The molecule has 1 amide bonds. The van der Waals surface area contributed by atoms with Crippen LogP contribution in [0.4, 0.5) is 10.9 Å². The maximum absolute atomic E-state index is 11.2. The van der Waals surface area contributed by atoms with Crippen LogP contribution in [0.5, 0.6) is 0 Å². The predicted octanol–water partition coefficient (Wildman–Crippen LogP) is 1.28. The molecule has 1 aliphatic heterocycles. The van der Waals surface area contributed by atoms with Crippen molar-refractivity contribution in [3.63, 3.8) is 0 Å². The van der Waals surface area contributed by atoms with Crippen molar-refractivity contribution in [1.82, 2.24) is 9.97 Å². The number of carbonyl (C=O) groups is 1. The van der Waals surface area contributed by atoms with Gasteiger partial charge in [0.25, 0.3) is 0 Å². The van der Waals surface area contributed by atoms with Crippen LogP contribution in [-0.4, -0.2) is 15.9 Å². The molecule has 2 aromatic heterocycles. The number of aromatic nitrogens is 2. The molecule has 3 rings (SSSR count). The van der Waals surface area contributed by atoms with Crippen LogP contribution in [0.3, 0.4) is 0 Å². The third kappa shape index (κ3) is 1.43. The number of nitrogens with one attached hydrogen (secondary N) is 1. The van der Waals surface area contributed by atoms with E-state index in [-0.39, 0.29) is 5.91 Å². The van der Waals surface area contributed by atoms with Crippen molar-refractivity contribution in [2.45, 2.75) is 6.42 Å². The molecule has 0 saturated carbocycles. The van der Waals surface area contributed by atoms with Gasteiger partial charge < -0.3 is 11.1 Å². The van der Waals surface area contributed by atoms with E-state index in [0.29, 0.717) is 17.4 Å². The van der Waals surface area contributed by atoms with E-state index in [1.807, 2.05) is 11.4 Å². The van der Waals surface area contributed by atoms with Crippen molar-refractivity contribution >= 4 is 28.2 Å². The van der Waals surface area contributed by atoms with Crippen molar-refractivity contribution in [1.29, 1.82) is 0 Å². The lowest BCUT2D eigenvalue weighted by molar-refractivity contribution is -0.115. The van der Waals surface area contributed by atoms with Gasteiger partial charge in [-0.2, -0.15) is 0 Å². The fourth-order valence-corrected chi connectivity index (χ4v) is 2.24. The normalized spacial score (nSPS) is 13.6. The largest absolute Gasteiger partial charge is 0.375 e. The minimum absolute atomic E-state index is 0.0163. The molecular weight excluding hydrogens is 224 g/mol. The van der Waals surface area contributed by atoms with Crippen molar-refractivity contribution in [2.75, 3.05) is 11.1 Å². The van der Waals surface area contributed by atoms with Gasteiger partial charge >= 0.3 is 0 Å². The van der Waals surface area contributed by atoms with Crippen LogP contribution in [0.2, 0.25) is 0 Å². The molecule has 3 heterocycles. The highest BCUT2D eigenvalue weighted by Crippen LogP contribution is 2.27. The Bertz CT molecular complexity index is 578. The third-order valence-electron chi connectivity index (χ3n) is 2.39. The molecule has 0 unspecified atom stereocenters. The summed E-state index contributed by atoms with van der Waals surface area (Å²) in [6, 6.07) is 1.93. The summed E-state index contributed by atoms with van der Waals surface area (Å²) in [6.07, 6.45) is 2.08. The Hall–Kier alpha value is -1.95. The highest BCUT2D eigenvalue weighted by atomic mass is 32.1. The lowest BCUT2D eigenvalue weighted by atomic mass is 10.1. The van der Waals surface area contributed by atoms with Crippen LogP contribution < -0.4 is 11.1 Å².